The maximum Gasteiger partial charge on any atom is 0.0588 e. The molecule has 0 aliphatic carbocycles. The molecular formula is C10H18N2S. The van der Waals surface area contributed by atoms with Gasteiger partial charge in [-0.3, -0.25) is 0 Å². The van der Waals surface area contributed by atoms with E-state index in [1.807, 2.05) is 0 Å². The summed E-state index contributed by atoms with van der Waals surface area (Å²) < 4.78 is 0. The summed E-state index contributed by atoms with van der Waals surface area (Å²) in [5, 5.41) is 2.11. The van der Waals surface area contributed by atoms with Gasteiger partial charge in [0.25, 0.3) is 0 Å². The Kier molecular flexibility index (Phi) is 3.90. The maximum absolute atomic E-state index is 6.07. The van der Waals surface area contributed by atoms with Gasteiger partial charge in [0.05, 0.1) is 6.04 Å². The van der Waals surface area contributed by atoms with E-state index in [1.165, 1.54) is 4.88 Å². The van der Waals surface area contributed by atoms with Gasteiger partial charge in [0.2, 0.25) is 0 Å². The van der Waals surface area contributed by atoms with Crippen LogP contribution in [-0.2, 0) is 0 Å². The fraction of sp³-hybridized carbons (Fsp3) is 0.600. The fourth-order valence-corrected chi connectivity index (χ4v) is 2.53. The second-order valence-corrected chi connectivity index (χ2v) is 4.48. The standard InChI is InChI=1S/C10H18N2S/c1-4-8(11)10(12(2)3)9-6-5-7-13-9/h5-8,10H,4,11H2,1-3H3. The van der Waals surface area contributed by atoms with Crippen molar-refractivity contribution in [3.63, 3.8) is 0 Å². The first-order valence-corrected chi connectivity index (χ1v) is 5.50. The molecular weight excluding hydrogens is 180 g/mol. The number of thiophene rings is 1. The Labute approximate surface area is 84.4 Å². The van der Waals surface area contributed by atoms with Crippen LogP contribution in [0, 0.1) is 0 Å². The number of rotatable bonds is 4. The van der Waals surface area contributed by atoms with Gasteiger partial charge < -0.3 is 10.6 Å². The Morgan fingerprint density at radius 2 is 2.23 bits per heavy atom. The molecule has 2 N–H and O–H groups in total. The molecule has 1 rings (SSSR count). The van der Waals surface area contributed by atoms with Gasteiger partial charge in [0.15, 0.2) is 0 Å². The zero-order valence-electron chi connectivity index (χ0n) is 8.53. The van der Waals surface area contributed by atoms with E-state index in [0.717, 1.165) is 6.42 Å². The van der Waals surface area contributed by atoms with Gasteiger partial charge in [-0.2, -0.15) is 0 Å². The van der Waals surface area contributed by atoms with Crippen LogP contribution in [0.5, 0.6) is 0 Å². The highest BCUT2D eigenvalue weighted by Gasteiger charge is 2.20. The molecule has 1 aromatic heterocycles. The molecule has 74 valence electrons. The summed E-state index contributed by atoms with van der Waals surface area (Å²) >= 11 is 1.78. The molecule has 0 spiro atoms. The quantitative estimate of drug-likeness (QED) is 0.802. The fourth-order valence-electron chi connectivity index (χ4n) is 1.53. The lowest BCUT2D eigenvalue weighted by Gasteiger charge is -2.28. The van der Waals surface area contributed by atoms with Crippen molar-refractivity contribution in [1.29, 1.82) is 0 Å². The topological polar surface area (TPSA) is 29.3 Å². The van der Waals surface area contributed by atoms with E-state index in [-0.39, 0.29) is 6.04 Å². The monoisotopic (exact) mass is 198 g/mol. The highest BCUT2D eigenvalue weighted by atomic mass is 32.1. The first-order valence-electron chi connectivity index (χ1n) is 4.62. The summed E-state index contributed by atoms with van der Waals surface area (Å²) in [6.07, 6.45) is 1.01. The van der Waals surface area contributed by atoms with E-state index in [2.05, 4.69) is 43.4 Å². The summed E-state index contributed by atoms with van der Waals surface area (Å²) in [7, 11) is 4.17. The minimum Gasteiger partial charge on any atom is -0.326 e. The van der Waals surface area contributed by atoms with E-state index >= 15 is 0 Å². The molecule has 1 aromatic rings. The van der Waals surface area contributed by atoms with Crippen molar-refractivity contribution < 1.29 is 0 Å². The van der Waals surface area contributed by atoms with E-state index in [9.17, 15) is 0 Å². The van der Waals surface area contributed by atoms with Gasteiger partial charge >= 0.3 is 0 Å². The smallest absolute Gasteiger partial charge is 0.0588 e. The molecule has 0 radical (unpaired) electrons. The van der Waals surface area contributed by atoms with Crippen molar-refractivity contribution in [3.8, 4) is 0 Å². The maximum atomic E-state index is 6.07. The van der Waals surface area contributed by atoms with Gasteiger partial charge in [-0.1, -0.05) is 13.0 Å². The van der Waals surface area contributed by atoms with Crippen LogP contribution < -0.4 is 5.73 Å². The number of nitrogens with two attached hydrogens (primary N) is 1. The van der Waals surface area contributed by atoms with E-state index in [1.54, 1.807) is 11.3 Å². The van der Waals surface area contributed by atoms with Crippen LogP contribution >= 0.6 is 11.3 Å². The molecule has 0 amide bonds. The molecule has 3 heteroatoms. The SMILES string of the molecule is CCC(N)C(c1cccs1)N(C)C. The zero-order valence-corrected chi connectivity index (χ0v) is 9.34. The van der Waals surface area contributed by atoms with Crippen molar-refractivity contribution in [2.75, 3.05) is 14.1 Å². The summed E-state index contributed by atoms with van der Waals surface area (Å²) in [6, 6.07) is 4.84. The Balaban J connectivity index is 2.80. The predicted molar refractivity (Wildman–Crippen MR) is 59.0 cm³/mol. The van der Waals surface area contributed by atoms with Crippen molar-refractivity contribution in [1.82, 2.24) is 4.90 Å². The summed E-state index contributed by atoms with van der Waals surface area (Å²) in [5.41, 5.74) is 6.07. The molecule has 0 aliphatic rings. The third kappa shape index (κ3) is 2.53. The van der Waals surface area contributed by atoms with Crippen molar-refractivity contribution in [2.24, 2.45) is 5.73 Å². The molecule has 13 heavy (non-hydrogen) atoms. The lowest BCUT2D eigenvalue weighted by atomic mass is 10.0. The summed E-state index contributed by atoms with van der Waals surface area (Å²) in [5.74, 6) is 0. The van der Waals surface area contributed by atoms with Gasteiger partial charge in [-0.05, 0) is 32.0 Å². The van der Waals surface area contributed by atoms with Crippen LogP contribution in [0.4, 0.5) is 0 Å². The zero-order chi connectivity index (χ0) is 9.84. The Bertz CT molecular complexity index is 231. The first-order chi connectivity index (χ1) is 6.16. The highest BCUT2D eigenvalue weighted by Crippen LogP contribution is 2.26. The molecule has 0 aliphatic heterocycles. The molecule has 0 fully saturated rings. The predicted octanol–water partition coefficient (Wildman–Crippen LogP) is 2.09. The molecule has 2 atom stereocenters. The average Bonchev–Trinajstić information content (AvgIpc) is 2.56. The third-order valence-corrected chi connectivity index (χ3v) is 3.21. The lowest BCUT2D eigenvalue weighted by molar-refractivity contribution is 0.257. The average molecular weight is 198 g/mol. The van der Waals surface area contributed by atoms with Crippen molar-refractivity contribution in [3.05, 3.63) is 22.4 Å². The van der Waals surface area contributed by atoms with Crippen LogP contribution in [0.1, 0.15) is 24.3 Å². The van der Waals surface area contributed by atoms with Gasteiger partial charge in [-0.15, -0.1) is 11.3 Å². The number of hydrogen-bond acceptors (Lipinski definition) is 3. The van der Waals surface area contributed by atoms with Gasteiger partial charge in [0.1, 0.15) is 0 Å². The minimum atomic E-state index is 0.230. The molecule has 0 aromatic carbocycles. The van der Waals surface area contributed by atoms with Crippen LogP contribution in [0.15, 0.2) is 17.5 Å². The first kappa shape index (κ1) is 10.7. The van der Waals surface area contributed by atoms with E-state index < -0.39 is 0 Å². The molecule has 2 nitrogen and oxygen atoms in total. The number of hydrogen-bond donors (Lipinski definition) is 1. The Morgan fingerprint density at radius 1 is 1.54 bits per heavy atom. The van der Waals surface area contributed by atoms with Crippen LogP contribution in [0.2, 0.25) is 0 Å². The molecule has 0 saturated carbocycles. The van der Waals surface area contributed by atoms with Crippen molar-refractivity contribution in [2.45, 2.75) is 25.4 Å². The molecule has 1 heterocycles. The Morgan fingerprint density at radius 3 is 2.62 bits per heavy atom. The normalized spacial score (nSPS) is 16.1. The molecule has 0 bridgehead atoms. The second kappa shape index (κ2) is 4.74. The van der Waals surface area contributed by atoms with Crippen LogP contribution in [0.25, 0.3) is 0 Å². The summed E-state index contributed by atoms with van der Waals surface area (Å²) in [4.78, 5) is 3.55. The molecule has 0 saturated heterocycles. The van der Waals surface area contributed by atoms with Crippen LogP contribution in [-0.4, -0.2) is 25.0 Å². The lowest BCUT2D eigenvalue weighted by Crippen LogP contribution is -2.36. The number of nitrogens with zero attached hydrogens (tertiary/aromatic N) is 1. The minimum absolute atomic E-state index is 0.230. The van der Waals surface area contributed by atoms with E-state index in [0.29, 0.717) is 6.04 Å². The van der Waals surface area contributed by atoms with Crippen molar-refractivity contribution >= 4 is 11.3 Å². The van der Waals surface area contributed by atoms with Gasteiger partial charge in [0, 0.05) is 10.9 Å². The van der Waals surface area contributed by atoms with Crippen LogP contribution in [0.3, 0.4) is 0 Å². The highest BCUT2D eigenvalue weighted by molar-refractivity contribution is 7.10. The second-order valence-electron chi connectivity index (χ2n) is 3.50. The number of likely N-dealkylation sites (N-methyl/N-ethyl adjacent to an activating group) is 1. The Hall–Kier alpha value is -0.380. The van der Waals surface area contributed by atoms with Gasteiger partial charge in [-0.25, -0.2) is 0 Å². The largest absolute Gasteiger partial charge is 0.326 e. The van der Waals surface area contributed by atoms with E-state index in [4.69, 9.17) is 5.73 Å². The molecule has 2 unspecified atom stereocenters. The summed E-state index contributed by atoms with van der Waals surface area (Å²) in [6.45, 7) is 2.13. The third-order valence-electron chi connectivity index (χ3n) is 2.27.